The van der Waals surface area contributed by atoms with Gasteiger partial charge in [0.2, 0.25) is 0 Å². The highest BCUT2D eigenvalue weighted by Gasteiger charge is 1.98. The predicted molar refractivity (Wildman–Crippen MR) is 82.4 cm³/mol. The molecule has 20 heavy (non-hydrogen) atoms. The standard InChI is InChI=1S/C17H16ClNO/c18-16-9-6-14(7-10-16)8-11-17(19)13-20-12-15-4-2-1-3-5-15/h1-7,9-10,17H,12-13,19H2/t17-/m0/s1. The van der Waals surface area contributed by atoms with Crippen molar-refractivity contribution < 1.29 is 4.74 Å². The van der Waals surface area contributed by atoms with Crippen LogP contribution >= 0.6 is 11.6 Å². The lowest BCUT2D eigenvalue weighted by molar-refractivity contribution is 0.118. The molecule has 2 rings (SSSR count). The maximum absolute atomic E-state index is 5.89. The summed E-state index contributed by atoms with van der Waals surface area (Å²) in [6, 6.07) is 17.0. The highest BCUT2D eigenvalue weighted by molar-refractivity contribution is 6.30. The third-order valence-electron chi connectivity index (χ3n) is 2.66. The van der Waals surface area contributed by atoms with Gasteiger partial charge in [0, 0.05) is 10.6 Å². The van der Waals surface area contributed by atoms with E-state index in [1.807, 2.05) is 54.6 Å². The van der Waals surface area contributed by atoms with Crippen molar-refractivity contribution in [2.45, 2.75) is 12.6 Å². The first-order valence-electron chi connectivity index (χ1n) is 6.38. The fourth-order valence-corrected chi connectivity index (χ4v) is 1.75. The molecule has 0 heterocycles. The quantitative estimate of drug-likeness (QED) is 0.876. The Morgan fingerprint density at radius 2 is 1.75 bits per heavy atom. The summed E-state index contributed by atoms with van der Waals surface area (Å²) in [6.45, 7) is 0.965. The summed E-state index contributed by atoms with van der Waals surface area (Å²) in [7, 11) is 0. The SMILES string of the molecule is N[C@@H](C#Cc1ccc(Cl)cc1)COCc1ccccc1. The van der Waals surface area contributed by atoms with Crippen LogP contribution in [0.25, 0.3) is 0 Å². The maximum Gasteiger partial charge on any atom is 0.0905 e. The number of hydrogen-bond acceptors (Lipinski definition) is 2. The van der Waals surface area contributed by atoms with Crippen LogP contribution in [0.3, 0.4) is 0 Å². The van der Waals surface area contributed by atoms with Gasteiger partial charge in [0.25, 0.3) is 0 Å². The molecule has 1 atom stereocenters. The molecule has 0 aliphatic carbocycles. The van der Waals surface area contributed by atoms with Crippen LogP contribution in [0.15, 0.2) is 54.6 Å². The molecule has 0 aliphatic heterocycles. The van der Waals surface area contributed by atoms with E-state index >= 15 is 0 Å². The fraction of sp³-hybridized carbons (Fsp3) is 0.176. The lowest BCUT2D eigenvalue weighted by Gasteiger charge is -2.06. The van der Waals surface area contributed by atoms with Gasteiger partial charge in [-0.15, -0.1) is 0 Å². The Kier molecular flexibility index (Phi) is 5.64. The molecule has 0 saturated carbocycles. The van der Waals surface area contributed by atoms with E-state index < -0.39 is 0 Å². The van der Waals surface area contributed by atoms with Gasteiger partial charge in [-0.2, -0.15) is 0 Å². The molecule has 0 aliphatic rings. The Morgan fingerprint density at radius 3 is 2.45 bits per heavy atom. The maximum atomic E-state index is 5.89. The Bertz CT molecular complexity index is 584. The zero-order chi connectivity index (χ0) is 14.2. The molecule has 2 aromatic rings. The Hall–Kier alpha value is -1.79. The van der Waals surface area contributed by atoms with E-state index in [0.29, 0.717) is 18.2 Å². The molecular weight excluding hydrogens is 270 g/mol. The third kappa shape index (κ3) is 5.07. The second-order valence-corrected chi connectivity index (χ2v) is 4.82. The van der Waals surface area contributed by atoms with Crippen molar-refractivity contribution in [1.82, 2.24) is 0 Å². The van der Waals surface area contributed by atoms with Crippen LogP contribution in [0.4, 0.5) is 0 Å². The topological polar surface area (TPSA) is 35.2 Å². The van der Waals surface area contributed by atoms with Crippen LogP contribution in [0.5, 0.6) is 0 Å². The average molecular weight is 286 g/mol. The minimum absolute atomic E-state index is 0.297. The molecule has 0 radical (unpaired) electrons. The molecule has 0 unspecified atom stereocenters. The first-order chi connectivity index (χ1) is 9.74. The summed E-state index contributed by atoms with van der Waals surface area (Å²) in [6.07, 6.45) is 0. The van der Waals surface area contributed by atoms with Crippen molar-refractivity contribution >= 4 is 11.6 Å². The summed E-state index contributed by atoms with van der Waals surface area (Å²) in [5, 5.41) is 0.700. The first-order valence-corrected chi connectivity index (χ1v) is 6.76. The summed E-state index contributed by atoms with van der Waals surface area (Å²) in [5.74, 6) is 5.97. The largest absolute Gasteiger partial charge is 0.374 e. The van der Waals surface area contributed by atoms with E-state index in [0.717, 1.165) is 11.1 Å². The summed E-state index contributed by atoms with van der Waals surface area (Å²) in [5.41, 5.74) is 7.92. The second kappa shape index (κ2) is 7.72. The van der Waals surface area contributed by atoms with Crippen molar-refractivity contribution in [2.75, 3.05) is 6.61 Å². The van der Waals surface area contributed by atoms with Gasteiger partial charge in [-0.1, -0.05) is 53.8 Å². The van der Waals surface area contributed by atoms with Gasteiger partial charge in [-0.25, -0.2) is 0 Å². The summed E-state index contributed by atoms with van der Waals surface area (Å²) < 4.78 is 5.54. The van der Waals surface area contributed by atoms with Gasteiger partial charge >= 0.3 is 0 Å². The van der Waals surface area contributed by atoms with Crippen molar-refractivity contribution in [1.29, 1.82) is 0 Å². The highest BCUT2D eigenvalue weighted by Crippen LogP contribution is 2.08. The monoisotopic (exact) mass is 285 g/mol. The van der Waals surface area contributed by atoms with E-state index in [4.69, 9.17) is 22.1 Å². The van der Waals surface area contributed by atoms with Crippen LogP contribution in [-0.2, 0) is 11.3 Å². The second-order valence-electron chi connectivity index (χ2n) is 4.38. The van der Waals surface area contributed by atoms with E-state index in [9.17, 15) is 0 Å². The molecule has 0 bridgehead atoms. The van der Waals surface area contributed by atoms with E-state index in [-0.39, 0.29) is 6.04 Å². The number of halogens is 1. The van der Waals surface area contributed by atoms with Gasteiger partial charge in [-0.05, 0) is 29.8 Å². The average Bonchev–Trinajstić information content (AvgIpc) is 2.48. The van der Waals surface area contributed by atoms with Gasteiger partial charge in [-0.3, -0.25) is 0 Å². The lowest BCUT2D eigenvalue weighted by Crippen LogP contribution is -2.24. The van der Waals surface area contributed by atoms with Gasteiger partial charge in [0.15, 0.2) is 0 Å². The molecule has 2 nitrogen and oxygen atoms in total. The van der Waals surface area contributed by atoms with Gasteiger partial charge in [0.05, 0.1) is 19.3 Å². The van der Waals surface area contributed by atoms with Crippen molar-refractivity contribution in [2.24, 2.45) is 5.73 Å². The molecule has 2 N–H and O–H groups in total. The van der Waals surface area contributed by atoms with Crippen LogP contribution in [-0.4, -0.2) is 12.6 Å². The Labute approximate surface area is 124 Å². The minimum Gasteiger partial charge on any atom is -0.374 e. The fourth-order valence-electron chi connectivity index (χ4n) is 1.63. The lowest BCUT2D eigenvalue weighted by atomic mass is 10.2. The predicted octanol–water partition coefficient (Wildman–Crippen LogP) is 3.24. The molecule has 0 spiro atoms. The van der Waals surface area contributed by atoms with Crippen molar-refractivity contribution in [3.05, 3.63) is 70.7 Å². The molecule has 2 aromatic carbocycles. The minimum atomic E-state index is -0.297. The molecule has 0 fully saturated rings. The number of rotatable bonds is 4. The van der Waals surface area contributed by atoms with Gasteiger partial charge < -0.3 is 10.5 Å². The molecule has 0 saturated heterocycles. The molecule has 0 amide bonds. The molecule has 3 heteroatoms. The first kappa shape index (κ1) is 14.6. The van der Waals surface area contributed by atoms with Crippen LogP contribution < -0.4 is 5.73 Å². The highest BCUT2D eigenvalue weighted by atomic mass is 35.5. The number of benzene rings is 2. The zero-order valence-electron chi connectivity index (χ0n) is 11.1. The molecule has 102 valence electrons. The van der Waals surface area contributed by atoms with E-state index in [2.05, 4.69) is 11.8 Å². The molecule has 0 aromatic heterocycles. The third-order valence-corrected chi connectivity index (χ3v) is 2.91. The van der Waals surface area contributed by atoms with Crippen LogP contribution in [0, 0.1) is 11.8 Å². The van der Waals surface area contributed by atoms with E-state index in [1.54, 1.807) is 0 Å². The molecular formula is C17H16ClNO. The Balaban J connectivity index is 1.78. The Morgan fingerprint density at radius 1 is 1.05 bits per heavy atom. The summed E-state index contributed by atoms with van der Waals surface area (Å²) in [4.78, 5) is 0. The number of nitrogens with two attached hydrogens (primary N) is 1. The van der Waals surface area contributed by atoms with E-state index in [1.165, 1.54) is 0 Å². The van der Waals surface area contributed by atoms with Crippen LogP contribution in [0.1, 0.15) is 11.1 Å². The summed E-state index contributed by atoms with van der Waals surface area (Å²) >= 11 is 5.81. The number of ether oxygens (including phenoxy) is 1. The van der Waals surface area contributed by atoms with Crippen molar-refractivity contribution in [3.63, 3.8) is 0 Å². The van der Waals surface area contributed by atoms with Gasteiger partial charge in [0.1, 0.15) is 0 Å². The van der Waals surface area contributed by atoms with Crippen LogP contribution in [0.2, 0.25) is 5.02 Å². The number of hydrogen-bond donors (Lipinski definition) is 1. The smallest absolute Gasteiger partial charge is 0.0905 e. The zero-order valence-corrected chi connectivity index (χ0v) is 11.8. The normalized spacial score (nSPS) is 11.5. The van der Waals surface area contributed by atoms with Crippen molar-refractivity contribution in [3.8, 4) is 11.8 Å².